The van der Waals surface area contributed by atoms with E-state index in [1.165, 1.54) is 12.8 Å². The number of nitrogens with one attached hydrogen (secondary N) is 1. The van der Waals surface area contributed by atoms with Gasteiger partial charge in [-0.3, -0.25) is 4.90 Å². The maximum atomic E-state index is 12.1. The van der Waals surface area contributed by atoms with Gasteiger partial charge in [-0.1, -0.05) is 6.92 Å². The first kappa shape index (κ1) is 13.1. The average molecular weight is 250 g/mol. The van der Waals surface area contributed by atoms with E-state index in [0.717, 1.165) is 31.8 Å². The summed E-state index contributed by atoms with van der Waals surface area (Å²) >= 11 is 0. The summed E-state index contributed by atoms with van der Waals surface area (Å²) in [5.74, 6) is 0.719. The van der Waals surface area contributed by atoms with Crippen molar-refractivity contribution in [2.24, 2.45) is 5.92 Å². The molecule has 0 radical (unpaired) electrons. The van der Waals surface area contributed by atoms with Crippen LogP contribution < -0.4 is 5.32 Å². The lowest BCUT2D eigenvalue weighted by Crippen LogP contribution is -2.55. The third-order valence-electron chi connectivity index (χ3n) is 4.09. The van der Waals surface area contributed by atoms with E-state index in [1.807, 2.05) is 0 Å². The van der Waals surface area contributed by atoms with Gasteiger partial charge in [0.2, 0.25) is 0 Å². The predicted molar refractivity (Wildman–Crippen MR) is 60.8 cm³/mol. The normalized spacial score (nSPS) is 35.6. The second-order valence-corrected chi connectivity index (χ2v) is 5.45. The number of hydrogen-bond acceptors (Lipinski definition) is 2. The van der Waals surface area contributed by atoms with Crippen LogP contribution in [0.3, 0.4) is 0 Å². The van der Waals surface area contributed by atoms with Crippen LogP contribution in [0.5, 0.6) is 0 Å². The second-order valence-electron chi connectivity index (χ2n) is 5.45. The standard InChI is InChI=1S/C12H21F3N2/c1-9-4-5-11(9)17-6-2-3-10(7-17)16-8-12(13,14)15/h9-11,16H,2-8H2,1H3. The van der Waals surface area contributed by atoms with Crippen LogP contribution in [0.1, 0.15) is 32.6 Å². The fraction of sp³-hybridized carbons (Fsp3) is 1.00. The summed E-state index contributed by atoms with van der Waals surface area (Å²) in [6.45, 7) is 3.22. The zero-order chi connectivity index (χ0) is 12.5. The van der Waals surface area contributed by atoms with Gasteiger partial charge in [-0.15, -0.1) is 0 Å². The molecule has 2 nitrogen and oxygen atoms in total. The summed E-state index contributed by atoms with van der Waals surface area (Å²) in [5.41, 5.74) is 0. The van der Waals surface area contributed by atoms with Crippen molar-refractivity contribution >= 4 is 0 Å². The quantitative estimate of drug-likeness (QED) is 0.827. The molecule has 2 fully saturated rings. The molecule has 0 aromatic carbocycles. The van der Waals surface area contributed by atoms with Gasteiger partial charge in [-0.25, -0.2) is 0 Å². The van der Waals surface area contributed by atoms with Crippen molar-refractivity contribution < 1.29 is 13.2 Å². The molecule has 0 bridgehead atoms. The topological polar surface area (TPSA) is 15.3 Å². The van der Waals surface area contributed by atoms with Crippen molar-refractivity contribution in [1.29, 1.82) is 0 Å². The lowest BCUT2D eigenvalue weighted by Gasteiger charge is -2.46. The van der Waals surface area contributed by atoms with Crippen LogP contribution in [0.15, 0.2) is 0 Å². The van der Waals surface area contributed by atoms with Gasteiger partial charge in [0.15, 0.2) is 0 Å². The summed E-state index contributed by atoms with van der Waals surface area (Å²) in [4.78, 5) is 2.38. The van der Waals surface area contributed by atoms with Gasteiger partial charge in [0.1, 0.15) is 0 Å². The van der Waals surface area contributed by atoms with Crippen molar-refractivity contribution in [2.75, 3.05) is 19.6 Å². The minimum absolute atomic E-state index is 0.0122. The van der Waals surface area contributed by atoms with E-state index in [2.05, 4.69) is 17.1 Å². The third-order valence-corrected chi connectivity index (χ3v) is 4.09. The van der Waals surface area contributed by atoms with E-state index < -0.39 is 12.7 Å². The van der Waals surface area contributed by atoms with Crippen molar-refractivity contribution in [3.63, 3.8) is 0 Å². The number of piperidine rings is 1. The van der Waals surface area contributed by atoms with Crippen LogP contribution in [0.25, 0.3) is 0 Å². The van der Waals surface area contributed by atoms with Gasteiger partial charge >= 0.3 is 6.18 Å². The molecule has 100 valence electrons. The Balaban J connectivity index is 1.77. The smallest absolute Gasteiger partial charge is 0.305 e. The summed E-state index contributed by atoms with van der Waals surface area (Å²) < 4.78 is 36.4. The molecule has 2 rings (SSSR count). The lowest BCUT2D eigenvalue weighted by molar-refractivity contribution is -0.127. The molecule has 1 saturated heterocycles. The molecular weight excluding hydrogens is 229 g/mol. The lowest BCUT2D eigenvalue weighted by atomic mass is 9.79. The highest BCUT2D eigenvalue weighted by atomic mass is 19.4. The maximum absolute atomic E-state index is 12.1. The Labute approximate surface area is 101 Å². The summed E-state index contributed by atoms with van der Waals surface area (Å²) in [6, 6.07) is 0.628. The first-order valence-electron chi connectivity index (χ1n) is 6.50. The summed E-state index contributed by atoms with van der Waals surface area (Å²) in [6.07, 6.45) is 0.271. The molecule has 5 heteroatoms. The van der Waals surface area contributed by atoms with Gasteiger partial charge in [-0.2, -0.15) is 13.2 Å². The molecular formula is C12H21F3N2. The Morgan fingerprint density at radius 1 is 1.24 bits per heavy atom. The van der Waals surface area contributed by atoms with E-state index in [-0.39, 0.29) is 6.04 Å². The SMILES string of the molecule is CC1CCC1N1CCCC(NCC(F)(F)F)C1. The molecule has 17 heavy (non-hydrogen) atoms. The van der Waals surface area contributed by atoms with Gasteiger partial charge in [-0.05, 0) is 38.1 Å². The molecule has 0 aromatic rings. The highest BCUT2D eigenvalue weighted by molar-refractivity contribution is 4.90. The molecule has 3 atom stereocenters. The zero-order valence-corrected chi connectivity index (χ0v) is 10.3. The molecule has 3 unspecified atom stereocenters. The fourth-order valence-corrected chi connectivity index (χ4v) is 2.93. The molecule has 0 spiro atoms. The van der Waals surface area contributed by atoms with Gasteiger partial charge in [0.25, 0.3) is 0 Å². The third kappa shape index (κ3) is 3.58. The molecule has 1 aliphatic carbocycles. The van der Waals surface area contributed by atoms with E-state index in [4.69, 9.17) is 0 Å². The summed E-state index contributed by atoms with van der Waals surface area (Å²) in [5, 5.41) is 2.64. The zero-order valence-electron chi connectivity index (χ0n) is 10.3. The van der Waals surface area contributed by atoms with Crippen LogP contribution in [-0.4, -0.2) is 42.8 Å². The van der Waals surface area contributed by atoms with E-state index in [9.17, 15) is 13.2 Å². The minimum Gasteiger partial charge on any atom is -0.305 e. The van der Waals surface area contributed by atoms with Crippen LogP contribution in [0, 0.1) is 5.92 Å². The van der Waals surface area contributed by atoms with Crippen LogP contribution >= 0.6 is 0 Å². The molecule has 0 amide bonds. The molecule has 1 saturated carbocycles. The number of alkyl halides is 3. The average Bonchev–Trinajstić information content (AvgIpc) is 2.24. The second kappa shape index (κ2) is 5.14. The van der Waals surface area contributed by atoms with Crippen molar-refractivity contribution in [3.8, 4) is 0 Å². The van der Waals surface area contributed by atoms with Gasteiger partial charge in [0.05, 0.1) is 6.54 Å². The van der Waals surface area contributed by atoms with Crippen LogP contribution in [0.2, 0.25) is 0 Å². The first-order chi connectivity index (χ1) is 7.96. The highest BCUT2D eigenvalue weighted by Crippen LogP contribution is 2.33. The summed E-state index contributed by atoms with van der Waals surface area (Å²) in [7, 11) is 0. The van der Waals surface area contributed by atoms with Crippen molar-refractivity contribution in [1.82, 2.24) is 10.2 Å². The van der Waals surface area contributed by atoms with Crippen molar-refractivity contribution in [2.45, 2.75) is 50.9 Å². The largest absolute Gasteiger partial charge is 0.401 e. The Kier molecular flexibility index (Phi) is 3.98. The Hall–Kier alpha value is -0.290. The molecule has 1 N–H and O–H groups in total. The molecule has 1 aliphatic heterocycles. The van der Waals surface area contributed by atoms with Crippen LogP contribution in [-0.2, 0) is 0 Å². The number of rotatable bonds is 3. The van der Waals surface area contributed by atoms with Crippen LogP contribution in [0.4, 0.5) is 13.2 Å². The Morgan fingerprint density at radius 2 is 2.00 bits per heavy atom. The van der Waals surface area contributed by atoms with E-state index in [0.29, 0.717) is 6.04 Å². The fourth-order valence-electron chi connectivity index (χ4n) is 2.93. The first-order valence-corrected chi connectivity index (χ1v) is 6.50. The molecule has 2 aliphatic rings. The van der Waals surface area contributed by atoms with Gasteiger partial charge in [0, 0.05) is 18.6 Å². The number of nitrogens with zero attached hydrogens (tertiary/aromatic N) is 1. The number of hydrogen-bond donors (Lipinski definition) is 1. The Bertz CT molecular complexity index is 255. The molecule has 0 aromatic heterocycles. The van der Waals surface area contributed by atoms with E-state index >= 15 is 0 Å². The predicted octanol–water partition coefficient (Wildman–Crippen LogP) is 2.40. The number of halogens is 3. The van der Waals surface area contributed by atoms with Gasteiger partial charge < -0.3 is 5.32 Å². The monoisotopic (exact) mass is 250 g/mol. The molecule has 1 heterocycles. The van der Waals surface area contributed by atoms with Crippen molar-refractivity contribution in [3.05, 3.63) is 0 Å². The minimum atomic E-state index is -4.09. The van der Waals surface area contributed by atoms with E-state index in [1.54, 1.807) is 0 Å². The Morgan fingerprint density at radius 3 is 2.53 bits per heavy atom. The maximum Gasteiger partial charge on any atom is 0.401 e. The number of likely N-dealkylation sites (tertiary alicyclic amines) is 1. The highest BCUT2D eigenvalue weighted by Gasteiger charge is 2.35.